The second-order valence-electron chi connectivity index (χ2n) is 6.77. The van der Waals surface area contributed by atoms with Crippen molar-refractivity contribution in [3.05, 3.63) is 66.9 Å². The summed E-state index contributed by atoms with van der Waals surface area (Å²) in [6, 6.07) is 20.6. The van der Waals surface area contributed by atoms with Crippen LogP contribution in [0.5, 0.6) is 0 Å². The molecular formula is C23H21N5. The maximum absolute atomic E-state index is 4.88. The van der Waals surface area contributed by atoms with Gasteiger partial charge in [0.1, 0.15) is 11.5 Å². The molecule has 5 heteroatoms. The average Bonchev–Trinajstić information content (AvgIpc) is 3.32. The zero-order chi connectivity index (χ0) is 19.1. The molecule has 2 aromatic carbocycles. The van der Waals surface area contributed by atoms with Crippen LogP contribution in [0.3, 0.4) is 0 Å². The van der Waals surface area contributed by atoms with Crippen molar-refractivity contribution in [3.8, 4) is 22.9 Å². The molecule has 0 amide bonds. The maximum atomic E-state index is 4.88. The lowest BCUT2D eigenvalue weighted by Crippen LogP contribution is -2.01. The molecule has 5 nitrogen and oxygen atoms in total. The van der Waals surface area contributed by atoms with Crippen LogP contribution in [0, 0.1) is 0 Å². The van der Waals surface area contributed by atoms with E-state index in [1.165, 1.54) is 0 Å². The molecule has 5 aromatic rings. The predicted octanol–water partition coefficient (Wildman–Crippen LogP) is 5.15. The Kier molecular flexibility index (Phi) is 3.93. The summed E-state index contributed by atoms with van der Waals surface area (Å²) in [5.41, 5.74) is 6.21. The number of para-hydroxylation sites is 4. The molecular weight excluding hydrogens is 346 g/mol. The minimum absolute atomic E-state index is 0.842. The van der Waals surface area contributed by atoms with Crippen molar-refractivity contribution in [1.82, 2.24) is 24.1 Å². The third-order valence-corrected chi connectivity index (χ3v) is 5.19. The summed E-state index contributed by atoms with van der Waals surface area (Å²) in [6.07, 6.45) is 1.85. The quantitative estimate of drug-likeness (QED) is 0.441. The van der Waals surface area contributed by atoms with Crippen molar-refractivity contribution in [3.63, 3.8) is 0 Å². The molecule has 3 heterocycles. The molecule has 0 saturated carbocycles. The van der Waals surface area contributed by atoms with E-state index in [4.69, 9.17) is 9.97 Å². The Hall–Kier alpha value is -3.47. The van der Waals surface area contributed by atoms with E-state index in [1.54, 1.807) is 0 Å². The number of benzene rings is 2. The van der Waals surface area contributed by atoms with Crippen molar-refractivity contribution >= 4 is 22.1 Å². The molecule has 0 unspecified atom stereocenters. The van der Waals surface area contributed by atoms with Gasteiger partial charge in [-0.3, -0.25) is 4.98 Å². The topological polar surface area (TPSA) is 48.5 Å². The Bertz CT molecular complexity index is 1200. The third-order valence-electron chi connectivity index (χ3n) is 5.19. The van der Waals surface area contributed by atoms with Crippen molar-refractivity contribution in [2.75, 3.05) is 0 Å². The minimum Gasteiger partial charge on any atom is -0.324 e. The number of aryl methyl sites for hydroxylation is 2. The second kappa shape index (κ2) is 6.60. The van der Waals surface area contributed by atoms with Crippen LogP contribution in [-0.4, -0.2) is 24.1 Å². The summed E-state index contributed by atoms with van der Waals surface area (Å²) in [5, 5.41) is 0. The number of rotatable bonds is 4. The molecule has 0 aliphatic carbocycles. The first-order chi connectivity index (χ1) is 13.8. The smallest absolute Gasteiger partial charge is 0.159 e. The van der Waals surface area contributed by atoms with Crippen LogP contribution >= 0.6 is 0 Å². The van der Waals surface area contributed by atoms with Crippen LogP contribution < -0.4 is 0 Å². The number of hydrogen-bond donors (Lipinski definition) is 0. The van der Waals surface area contributed by atoms with E-state index in [0.717, 1.165) is 58.1 Å². The monoisotopic (exact) mass is 367 g/mol. The van der Waals surface area contributed by atoms with Gasteiger partial charge in [-0.05, 0) is 50.2 Å². The van der Waals surface area contributed by atoms with E-state index in [1.807, 2.05) is 36.5 Å². The van der Waals surface area contributed by atoms with Gasteiger partial charge in [-0.1, -0.05) is 24.3 Å². The lowest BCUT2D eigenvalue weighted by Gasteiger charge is -2.09. The molecule has 0 N–H and O–H groups in total. The molecule has 0 aliphatic rings. The van der Waals surface area contributed by atoms with Crippen molar-refractivity contribution in [2.45, 2.75) is 26.9 Å². The highest BCUT2D eigenvalue weighted by Crippen LogP contribution is 2.29. The fraction of sp³-hybridized carbons (Fsp3) is 0.174. The van der Waals surface area contributed by atoms with Gasteiger partial charge in [-0.2, -0.15) is 0 Å². The summed E-state index contributed by atoms with van der Waals surface area (Å²) in [6.45, 7) is 5.99. The van der Waals surface area contributed by atoms with Gasteiger partial charge in [0.25, 0.3) is 0 Å². The number of fused-ring (bicyclic) bond motifs is 2. The number of nitrogens with zero attached hydrogens (tertiary/aromatic N) is 5. The first-order valence-electron chi connectivity index (χ1n) is 9.67. The summed E-state index contributed by atoms with van der Waals surface area (Å²) in [4.78, 5) is 14.4. The zero-order valence-corrected chi connectivity index (χ0v) is 16.0. The second-order valence-corrected chi connectivity index (χ2v) is 6.77. The van der Waals surface area contributed by atoms with Crippen LogP contribution in [0.1, 0.15) is 13.8 Å². The summed E-state index contributed by atoms with van der Waals surface area (Å²) >= 11 is 0. The van der Waals surface area contributed by atoms with Crippen LogP contribution in [-0.2, 0) is 13.1 Å². The summed E-state index contributed by atoms with van der Waals surface area (Å²) in [7, 11) is 0. The SMILES string of the molecule is CCn1c(-c2ccnc(-c3nc4ccccc4n3CC)c2)nc2ccccc21. The van der Waals surface area contributed by atoms with Gasteiger partial charge in [0.15, 0.2) is 5.82 Å². The number of pyridine rings is 1. The maximum Gasteiger partial charge on any atom is 0.159 e. The molecule has 0 bridgehead atoms. The van der Waals surface area contributed by atoms with Gasteiger partial charge in [-0.25, -0.2) is 9.97 Å². The normalized spacial score (nSPS) is 11.5. The molecule has 5 rings (SSSR count). The van der Waals surface area contributed by atoms with Crippen molar-refractivity contribution in [2.24, 2.45) is 0 Å². The van der Waals surface area contributed by atoms with Crippen LogP contribution in [0.4, 0.5) is 0 Å². The predicted molar refractivity (Wildman–Crippen MR) is 113 cm³/mol. The molecule has 28 heavy (non-hydrogen) atoms. The number of aromatic nitrogens is 5. The first kappa shape index (κ1) is 16.7. The highest BCUT2D eigenvalue weighted by Gasteiger charge is 2.16. The molecule has 138 valence electrons. The van der Waals surface area contributed by atoms with E-state index in [0.29, 0.717) is 0 Å². The van der Waals surface area contributed by atoms with E-state index in [9.17, 15) is 0 Å². The van der Waals surface area contributed by atoms with Gasteiger partial charge >= 0.3 is 0 Å². The van der Waals surface area contributed by atoms with Crippen molar-refractivity contribution in [1.29, 1.82) is 0 Å². The largest absolute Gasteiger partial charge is 0.324 e. The molecule has 0 spiro atoms. The number of imidazole rings is 2. The van der Waals surface area contributed by atoms with E-state index in [2.05, 4.69) is 58.3 Å². The molecule has 0 aliphatic heterocycles. The summed E-state index contributed by atoms with van der Waals surface area (Å²) < 4.78 is 4.46. The molecule has 0 saturated heterocycles. The Morgan fingerprint density at radius 1 is 0.714 bits per heavy atom. The van der Waals surface area contributed by atoms with E-state index in [-0.39, 0.29) is 0 Å². The van der Waals surface area contributed by atoms with Gasteiger partial charge < -0.3 is 9.13 Å². The van der Waals surface area contributed by atoms with Crippen LogP contribution in [0.15, 0.2) is 66.9 Å². The molecule has 0 fully saturated rings. The standard InChI is InChI=1S/C23H21N5/c1-3-27-20-11-7-5-9-17(20)25-22(27)16-13-14-24-19(15-16)23-26-18-10-6-8-12-21(18)28(23)4-2/h5-15H,3-4H2,1-2H3. The summed E-state index contributed by atoms with van der Waals surface area (Å²) in [5.74, 6) is 1.86. The highest BCUT2D eigenvalue weighted by atomic mass is 15.1. The Balaban J connectivity index is 1.70. The highest BCUT2D eigenvalue weighted by molar-refractivity contribution is 5.83. The Morgan fingerprint density at radius 2 is 1.29 bits per heavy atom. The van der Waals surface area contributed by atoms with E-state index < -0.39 is 0 Å². The third kappa shape index (κ3) is 2.51. The molecule has 3 aromatic heterocycles. The molecule has 0 radical (unpaired) electrons. The lowest BCUT2D eigenvalue weighted by molar-refractivity contribution is 0.791. The van der Waals surface area contributed by atoms with E-state index >= 15 is 0 Å². The van der Waals surface area contributed by atoms with Gasteiger partial charge in [0.2, 0.25) is 0 Å². The van der Waals surface area contributed by atoms with Gasteiger partial charge in [0.05, 0.1) is 22.1 Å². The Labute approximate surface area is 163 Å². The Morgan fingerprint density at radius 3 is 1.93 bits per heavy atom. The lowest BCUT2D eigenvalue weighted by atomic mass is 10.2. The fourth-order valence-corrected chi connectivity index (χ4v) is 3.90. The fourth-order valence-electron chi connectivity index (χ4n) is 3.90. The van der Waals surface area contributed by atoms with Gasteiger partial charge in [-0.15, -0.1) is 0 Å². The average molecular weight is 367 g/mol. The zero-order valence-electron chi connectivity index (χ0n) is 16.0. The number of hydrogen-bond acceptors (Lipinski definition) is 3. The van der Waals surface area contributed by atoms with Crippen LogP contribution in [0.2, 0.25) is 0 Å². The molecule has 0 atom stereocenters. The van der Waals surface area contributed by atoms with Gasteiger partial charge in [0, 0.05) is 24.8 Å². The van der Waals surface area contributed by atoms with Crippen molar-refractivity contribution < 1.29 is 0 Å². The minimum atomic E-state index is 0.842. The first-order valence-corrected chi connectivity index (χ1v) is 9.67. The van der Waals surface area contributed by atoms with Crippen LogP contribution in [0.25, 0.3) is 45.0 Å².